The third-order valence-electron chi connectivity index (χ3n) is 4.76. The van der Waals surface area contributed by atoms with Crippen molar-refractivity contribution in [2.24, 2.45) is 5.92 Å². The number of imide groups is 1. The average molecular weight is 357 g/mol. The molecule has 0 spiro atoms. The Morgan fingerprint density at radius 3 is 2.73 bits per heavy atom. The summed E-state index contributed by atoms with van der Waals surface area (Å²) in [6, 6.07) is 3.33. The Balaban J connectivity index is 1.82. The van der Waals surface area contributed by atoms with E-state index in [1.807, 2.05) is 24.0 Å². The summed E-state index contributed by atoms with van der Waals surface area (Å²) >= 11 is 0. The van der Waals surface area contributed by atoms with Crippen LogP contribution in [0.2, 0.25) is 0 Å². The molecule has 4 amide bonds. The van der Waals surface area contributed by atoms with Gasteiger partial charge in [-0.3, -0.25) is 19.5 Å². The number of amides is 4. The highest BCUT2D eigenvalue weighted by molar-refractivity contribution is 6.02. The number of fused-ring (bicyclic) bond motifs is 1. The Hall–Kier alpha value is -2.90. The molecule has 3 rings (SSSR count). The van der Waals surface area contributed by atoms with Crippen LogP contribution in [0, 0.1) is 5.92 Å². The molecule has 0 aliphatic carbocycles. The summed E-state index contributed by atoms with van der Waals surface area (Å²) in [6.45, 7) is 2.93. The molecule has 2 aliphatic heterocycles. The summed E-state index contributed by atoms with van der Waals surface area (Å²) in [5.41, 5.74) is 1.33. The number of urea groups is 1. The van der Waals surface area contributed by atoms with Gasteiger partial charge in [-0.1, -0.05) is 13.0 Å². The molecule has 1 aromatic rings. The van der Waals surface area contributed by atoms with Gasteiger partial charge >= 0.3 is 6.03 Å². The van der Waals surface area contributed by atoms with Crippen molar-refractivity contribution in [2.45, 2.75) is 26.1 Å². The molecule has 0 aromatic carbocycles. The van der Waals surface area contributed by atoms with Gasteiger partial charge in [-0.25, -0.2) is 4.79 Å². The van der Waals surface area contributed by atoms with Crippen LogP contribution in [0.1, 0.15) is 18.9 Å². The molecule has 1 N–H and O–H groups in total. The number of rotatable bonds is 5. The van der Waals surface area contributed by atoms with Crippen LogP contribution in [-0.4, -0.2) is 64.3 Å². The van der Waals surface area contributed by atoms with E-state index in [2.05, 4.69) is 10.3 Å². The van der Waals surface area contributed by atoms with Gasteiger partial charge in [0, 0.05) is 39.6 Å². The number of nitrogens with one attached hydrogen (secondary N) is 1. The maximum atomic E-state index is 12.8. The monoisotopic (exact) mass is 357 g/mol. The Kier molecular flexibility index (Phi) is 4.92. The van der Waals surface area contributed by atoms with Crippen LogP contribution >= 0.6 is 0 Å². The first-order valence-corrected chi connectivity index (χ1v) is 8.65. The van der Waals surface area contributed by atoms with Crippen molar-refractivity contribution in [1.29, 1.82) is 0 Å². The van der Waals surface area contributed by atoms with Crippen molar-refractivity contribution in [2.75, 3.05) is 20.6 Å². The fraction of sp³-hybridized carbons (Fsp3) is 0.444. The number of pyridine rings is 1. The quantitative estimate of drug-likeness (QED) is 0.841. The summed E-state index contributed by atoms with van der Waals surface area (Å²) in [6.07, 6.45) is 5.39. The largest absolute Gasteiger partial charge is 0.347 e. The average Bonchev–Trinajstić information content (AvgIpc) is 3.03. The maximum Gasteiger partial charge on any atom is 0.327 e. The highest BCUT2D eigenvalue weighted by atomic mass is 16.2. The standard InChI is InChI=1S/C18H23N5O3/c1-4-8-23-14(15(24)20-11-12-6-5-7-19-10-12)9-13-16(23)21(2)18(26)22(3)17(13)25/h5-7,9-10,13,16H,4,8,11H2,1-3H3,(H,20,24). The summed E-state index contributed by atoms with van der Waals surface area (Å²) < 4.78 is 0. The van der Waals surface area contributed by atoms with Gasteiger partial charge in [0.15, 0.2) is 0 Å². The topological polar surface area (TPSA) is 85.9 Å². The van der Waals surface area contributed by atoms with Gasteiger partial charge in [-0.15, -0.1) is 0 Å². The minimum atomic E-state index is -0.534. The van der Waals surface area contributed by atoms with Crippen molar-refractivity contribution in [3.8, 4) is 0 Å². The van der Waals surface area contributed by atoms with Crippen molar-refractivity contribution in [3.63, 3.8) is 0 Å². The number of hydrogen-bond acceptors (Lipinski definition) is 5. The highest BCUT2D eigenvalue weighted by Gasteiger charge is 2.50. The first-order chi connectivity index (χ1) is 12.5. The van der Waals surface area contributed by atoms with Gasteiger partial charge in [-0.2, -0.15) is 0 Å². The number of aromatic nitrogens is 1. The van der Waals surface area contributed by atoms with E-state index in [1.165, 1.54) is 11.9 Å². The van der Waals surface area contributed by atoms with Crippen LogP contribution in [0.4, 0.5) is 4.79 Å². The minimum absolute atomic E-state index is 0.256. The first kappa shape index (κ1) is 17.9. The Morgan fingerprint density at radius 2 is 2.08 bits per heavy atom. The van der Waals surface area contributed by atoms with Crippen LogP contribution in [0.5, 0.6) is 0 Å². The molecule has 8 nitrogen and oxygen atoms in total. The zero-order valence-corrected chi connectivity index (χ0v) is 15.2. The lowest BCUT2D eigenvalue weighted by atomic mass is 10.0. The van der Waals surface area contributed by atoms with E-state index in [9.17, 15) is 14.4 Å². The van der Waals surface area contributed by atoms with Crippen molar-refractivity contribution < 1.29 is 14.4 Å². The number of nitrogens with zero attached hydrogens (tertiary/aromatic N) is 4. The van der Waals surface area contributed by atoms with E-state index in [0.717, 1.165) is 16.9 Å². The molecule has 0 radical (unpaired) electrons. The third kappa shape index (κ3) is 3.02. The minimum Gasteiger partial charge on any atom is -0.347 e. The summed E-state index contributed by atoms with van der Waals surface area (Å²) in [7, 11) is 3.13. The maximum absolute atomic E-state index is 12.8. The number of carbonyl (C=O) groups is 3. The molecule has 2 aliphatic rings. The zero-order valence-electron chi connectivity index (χ0n) is 15.2. The molecule has 1 aromatic heterocycles. The molecule has 0 bridgehead atoms. The van der Waals surface area contributed by atoms with Gasteiger partial charge in [0.25, 0.3) is 5.91 Å². The molecule has 8 heteroatoms. The smallest absolute Gasteiger partial charge is 0.327 e. The molecule has 26 heavy (non-hydrogen) atoms. The predicted molar refractivity (Wildman–Crippen MR) is 94.4 cm³/mol. The first-order valence-electron chi connectivity index (χ1n) is 8.65. The zero-order chi connectivity index (χ0) is 18.8. The van der Waals surface area contributed by atoms with Gasteiger partial charge in [0.05, 0.1) is 5.92 Å². The van der Waals surface area contributed by atoms with Gasteiger partial charge in [0.2, 0.25) is 5.91 Å². The summed E-state index contributed by atoms with van der Waals surface area (Å²) in [5.74, 6) is -1.07. The second-order valence-electron chi connectivity index (χ2n) is 6.52. The SMILES string of the molecule is CCCN1C(C(=O)NCc2cccnc2)=CC2C(=O)N(C)C(=O)N(C)C21. The van der Waals surface area contributed by atoms with E-state index in [-0.39, 0.29) is 17.8 Å². The molecular formula is C18H23N5O3. The van der Waals surface area contributed by atoms with Gasteiger partial charge < -0.3 is 15.1 Å². The number of hydrogen-bond donors (Lipinski definition) is 1. The molecule has 1 fully saturated rings. The third-order valence-corrected chi connectivity index (χ3v) is 4.76. The van der Waals surface area contributed by atoms with Crippen LogP contribution in [-0.2, 0) is 16.1 Å². The lowest BCUT2D eigenvalue weighted by Crippen LogP contribution is -2.62. The molecule has 138 valence electrons. The molecular weight excluding hydrogens is 334 g/mol. The lowest BCUT2D eigenvalue weighted by Gasteiger charge is -2.43. The van der Waals surface area contributed by atoms with Crippen molar-refractivity contribution in [3.05, 3.63) is 41.9 Å². The van der Waals surface area contributed by atoms with Crippen molar-refractivity contribution >= 4 is 17.8 Å². The lowest BCUT2D eigenvalue weighted by molar-refractivity contribution is -0.137. The second kappa shape index (κ2) is 7.15. The Morgan fingerprint density at radius 1 is 1.31 bits per heavy atom. The molecule has 3 heterocycles. The normalized spacial score (nSPS) is 22.4. The highest BCUT2D eigenvalue weighted by Crippen LogP contribution is 2.34. The second-order valence-corrected chi connectivity index (χ2v) is 6.52. The van der Waals surface area contributed by atoms with Crippen LogP contribution in [0.3, 0.4) is 0 Å². The molecule has 1 saturated heterocycles. The summed E-state index contributed by atoms with van der Waals surface area (Å²) in [5, 5.41) is 2.87. The van der Waals surface area contributed by atoms with E-state index in [0.29, 0.717) is 18.8 Å². The fourth-order valence-electron chi connectivity index (χ4n) is 3.48. The molecule has 0 saturated carbocycles. The van der Waals surface area contributed by atoms with E-state index in [1.54, 1.807) is 25.5 Å². The summed E-state index contributed by atoms with van der Waals surface area (Å²) in [4.78, 5) is 46.1. The number of carbonyl (C=O) groups excluding carboxylic acids is 3. The fourth-order valence-corrected chi connectivity index (χ4v) is 3.48. The predicted octanol–water partition coefficient (Wildman–Crippen LogP) is 0.773. The van der Waals surface area contributed by atoms with Gasteiger partial charge in [-0.05, 0) is 24.1 Å². The van der Waals surface area contributed by atoms with E-state index >= 15 is 0 Å². The van der Waals surface area contributed by atoms with Crippen LogP contribution in [0.15, 0.2) is 36.3 Å². The van der Waals surface area contributed by atoms with Crippen LogP contribution in [0.25, 0.3) is 0 Å². The van der Waals surface area contributed by atoms with E-state index in [4.69, 9.17) is 0 Å². The molecule has 2 unspecified atom stereocenters. The van der Waals surface area contributed by atoms with Gasteiger partial charge in [0.1, 0.15) is 11.9 Å². The Labute approximate surface area is 152 Å². The molecule has 2 atom stereocenters. The van der Waals surface area contributed by atoms with Crippen molar-refractivity contribution in [1.82, 2.24) is 25.0 Å². The van der Waals surface area contributed by atoms with Crippen LogP contribution < -0.4 is 5.32 Å². The van der Waals surface area contributed by atoms with E-state index < -0.39 is 12.1 Å². The Bertz CT molecular complexity index is 748.